The molecule has 0 atom stereocenters. The molecule has 6 nitrogen and oxygen atoms in total. The molecular weight excluding hydrogens is 321 g/mol. The van der Waals surface area contributed by atoms with E-state index in [9.17, 15) is 17.7 Å². The van der Waals surface area contributed by atoms with Crippen molar-refractivity contribution in [2.45, 2.75) is 4.90 Å². The maximum atomic E-state index is 14.5. The van der Waals surface area contributed by atoms with Gasteiger partial charge in [-0.05, 0) is 30.3 Å². The molecule has 2 amide bonds. The third-order valence-electron chi connectivity index (χ3n) is 3.45. The van der Waals surface area contributed by atoms with Gasteiger partial charge >= 0.3 is 6.03 Å². The summed E-state index contributed by atoms with van der Waals surface area (Å²) in [5.74, 6) is 0. The Morgan fingerprint density at radius 3 is 2.48 bits per heavy atom. The lowest BCUT2D eigenvalue weighted by Crippen LogP contribution is -2.28. The zero-order chi connectivity index (χ0) is 16.4. The van der Waals surface area contributed by atoms with Gasteiger partial charge in [-0.2, -0.15) is 8.42 Å². The number of urea groups is 1. The molecule has 1 N–H and O–H groups in total. The topological polar surface area (TPSA) is 69.7 Å². The Morgan fingerprint density at radius 1 is 1.09 bits per heavy atom. The molecule has 0 saturated carbocycles. The maximum absolute atomic E-state index is 14.5. The van der Waals surface area contributed by atoms with Crippen molar-refractivity contribution in [3.05, 3.63) is 54.6 Å². The zero-order valence-corrected chi connectivity index (χ0v) is 12.8. The summed E-state index contributed by atoms with van der Waals surface area (Å²) < 4.78 is 38.8. The number of sulfonamides is 1. The first-order valence-corrected chi connectivity index (χ1v) is 8.36. The minimum absolute atomic E-state index is 0.146. The van der Waals surface area contributed by atoms with Gasteiger partial charge < -0.3 is 5.32 Å². The molecule has 0 bridgehead atoms. The second-order valence-electron chi connectivity index (χ2n) is 4.94. The van der Waals surface area contributed by atoms with Crippen molar-refractivity contribution >= 4 is 27.4 Å². The van der Waals surface area contributed by atoms with Crippen LogP contribution in [0.2, 0.25) is 0 Å². The zero-order valence-electron chi connectivity index (χ0n) is 12.0. The van der Waals surface area contributed by atoms with Gasteiger partial charge in [-0.25, -0.2) is 4.79 Å². The van der Waals surface area contributed by atoms with Gasteiger partial charge in [-0.3, -0.25) is 4.90 Å². The van der Waals surface area contributed by atoms with E-state index in [1.165, 1.54) is 47.4 Å². The fourth-order valence-corrected chi connectivity index (χ4v) is 3.39. The first kappa shape index (κ1) is 15.3. The predicted molar refractivity (Wildman–Crippen MR) is 84.4 cm³/mol. The van der Waals surface area contributed by atoms with E-state index in [4.69, 9.17) is 0 Å². The summed E-state index contributed by atoms with van der Waals surface area (Å²) in [5, 5.41) is 2.63. The normalized spacial score (nSPS) is 14.7. The fourth-order valence-electron chi connectivity index (χ4n) is 2.31. The van der Waals surface area contributed by atoms with E-state index in [0.29, 0.717) is 18.8 Å². The van der Waals surface area contributed by atoms with Gasteiger partial charge in [0.2, 0.25) is 0 Å². The molecule has 2 aromatic carbocycles. The highest BCUT2D eigenvalue weighted by Crippen LogP contribution is 2.28. The van der Waals surface area contributed by atoms with Crippen LogP contribution >= 0.6 is 0 Å². The van der Waals surface area contributed by atoms with Crippen molar-refractivity contribution in [1.29, 1.82) is 0 Å². The van der Waals surface area contributed by atoms with E-state index < -0.39 is 10.0 Å². The molecule has 2 aromatic rings. The van der Waals surface area contributed by atoms with Crippen LogP contribution in [0.4, 0.5) is 20.7 Å². The summed E-state index contributed by atoms with van der Waals surface area (Å²) in [6.07, 6.45) is 0. The average molecular weight is 335 g/mol. The highest BCUT2D eigenvalue weighted by molar-refractivity contribution is 7.92. The van der Waals surface area contributed by atoms with Crippen LogP contribution < -0.4 is 14.7 Å². The number of halogens is 1. The molecule has 1 aliphatic rings. The molecule has 1 saturated heterocycles. The summed E-state index contributed by atoms with van der Waals surface area (Å²) in [6, 6.07) is 12.8. The lowest BCUT2D eigenvalue weighted by atomic mass is 10.2. The van der Waals surface area contributed by atoms with Crippen molar-refractivity contribution < 1.29 is 17.7 Å². The SMILES string of the molecule is O=C1NCCN1c1cccc(N(F)S(=O)(=O)c2ccccc2)c1. The van der Waals surface area contributed by atoms with Crippen LogP contribution in [0.1, 0.15) is 0 Å². The van der Waals surface area contributed by atoms with Crippen LogP contribution in [-0.4, -0.2) is 27.5 Å². The van der Waals surface area contributed by atoms with Gasteiger partial charge in [0.05, 0.1) is 10.6 Å². The van der Waals surface area contributed by atoms with E-state index in [-0.39, 0.29) is 21.1 Å². The number of carbonyl (C=O) groups is 1. The lowest BCUT2D eigenvalue weighted by Gasteiger charge is -2.18. The van der Waals surface area contributed by atoms with Crippen molar-refractivity contribution in [3.63, 3.8) is 0 Å². The summed E-state index contributed by atoms with van der Waals surface area (Å²) >= 11 is 0. The molecule has 120 valence electrons. The van der Waals surface area contributed by atoms with Crippen LogP contribution in [0.15, 0.2) is 59.5 Å². The Kier molecular flexibility index (Phi) is 3.91. The minimum atomic E-state index is -4.30. The highest BCUT2D eigenvalue weighted by atomic mass is 32.2. The molecule has 23 heavy (non-hydrogen) atoms. The van der Waals surface area contributed by atoms with Crippen molar-refractivity contribution in [3.8, 4) is 0 Å². The standard InChI is InChI=1S/C15H14FN3O3S/c16-19(23(21,22)14-7-2-1-3-8-14)13-6-4-5-12(11-13)18-10-9-17-15(18)20/h1-8,11H,9-10H2,(H,17,20). The maximum Gasteiger partial charge on any atom is 0.321 e. The molecule has 0 spiro atoms. The van der Waals surface area contributed by atoms with E-state index >= 15 is 0 Å². The molecule has 1 fully saturated rings. The second-order valence-corrected chi connectivity index (χ2v) is 6.68. The largest absolute Gasteiger partial charge is 0.336 e. The third-order valence-corrected chi connectivity index (χ3v) is 4.95. The predicted octanol–water partition coefficient (Wildman–Crippen LogP) is 2.30. The smallest absolute Gasteiger partial charge is 0.321 e. The number of anilines is 2. The molecule has 0 aliphatic carbocycles. The van der Waals surface area contributed by atoms with Crippen LogP contribution in [0.25, 0.3) is 0 Å². The van der Waals surface area contributed by atoms with Crippen LogP contribution in [0.3, 0.4) is 0 Å². The fraction of sp³-hybridized carbons (Fsp3) is 0.133. The molecular formula is C15H14FN3O3S. The van der Waals surface area contributed by atoms with E-state index in [1.807, 2.05) is 0 Å². The second kappa shape index (κ2) is 5.88. The van der Waals surface area contributed by atoms with Crippen molar-refractivity contribution in [2.75, 3.05) is 22.5 Å². The first-order valence-electron chi connectivity index (χ1n) is 6.92. The van der Waals surface area contributed by atoms with Crippen LogP contribution in [0.5, 0.6) is 0 Å². The van der Waals surface area contributed by atoms with Crippen LogP contribution in [0, 0.1) is 0 Å². The minimum Gasteiger partial charge on any atom is -0.336 e. The lowest BCUT2D eigenvalue weighted by molar-refractivity contribution is 0.252. The number of nitrogens with zero attached hydrogens (tertiary/aromatic N) is 2. The third kappa shape index (κ3) is 2.85. The van der Waals surface area contributed by atoms with Gasteiger partial charge in [0.15, 0.2) is 0 Å². The van der Waals surface area contributed by atoms with Crippen LogP contribution in [-0.2, 0) is 10.0 Å². The van der Waals surface area contributed by atoms with E-state index in [1.54, 1.807) is 12.1 Å². The molecule has 0 aromatic heterocycles. The first-order chi connectivity index (χ1) is 11.0. The Morgan fingerprint density at radius 2 is 1.83 bits per heavy atom. The van der Waals surface area contributed by atoms with E-state index in [2.05, 4.69) is 5.32 Å². The number of benzene rings is 2. The molecule has 3 rings (SSSR count). The number of rotatable bonds is 4. The Balaban J connectivity index is 1.94. The Labute approximate surface area is 133 Å². The molecule has 0 unspecified atom stereocenters. The summed E-state index contributed by atoms with van der Waals surface area (Å²) in [7, 11) is -4.30. The molecule has 1 aliphatic heterocycles. The molecule has 1 heterocycles. The summed E-state index contributed by atoms with van der Waals surface area (Å²) in [6.45, 7) is 0.935. The number of hydrogen-bond acceptors (Lipinski definition) is 3. The Bertz CT molecular complexity index is 827. The summed E-state index contributed by atoms with van der Waals surface area (Å²) in [5.41, 5.74) is 0.273. The number of amides is 2. The monoisotopic (exact) mass is 335 g/mol. The Hall–Kier alpha value is -2.61. The number of carbonyl (C=O) groups excluding carboxylic acids is 1. The average Bonchev–Trinajstić information content (AvgIpc) is 3.01. The van der Waals surface area contributed by atoms with Crippen molar-refractivity contribution in [1.82, 2.24) is 5.32 Å². The van der Waals surface area contributed by atoms with E-state index in [0.717, 1.165) is 0 Å². The number of nitrogens with one attached hydrogen (secondary N) is 1. The van der Waals surface area contributed by atoms with Gasteiger partial charge in [0.25, 0.3) is 10.0 Å². The van der Waals surface area contributed by atoms with Gasteiger partial charge in [-0.1, -0.05) is 33.3 Å². The molecule has 0 radical (unpaired) electrons. The van der Waals surface area contributed by atoms with Gasteiger partial charge in [0, 0.05) is 18.8 Å². The van der Waals surface area contributed by atoms with Gasteiger partial charge in [-0.15, -0.1) is 0 Å². The highest BCUT2D eigenvalue weighted by Gasteiger charge is 2.27. The summed E-state index contributed by atoms with van der Waals surface area (Å²) in [4.78, 5) is 12.9. The van der Waals surface area contributed by atoms with Gasteiger partial charge in [0.1, 0.15) is 0 Å². The quantitative estimate of drug-likeness (QED) is 0.872. The van der Waals surface area contributed by atoms with Crippen molar-refractivity contribution in [2.24, 2.45) is 0 Å². The number of hydrogen-bond donors (Lipinski definition) is 1. The molecule has 8 heteroatoms.